The van der Waals surface area contributed by atoms with Crippen LogP contribution in [0.4, 0.5) is 4.79 Å². The standard InChI is InChI=1S/C13H21NO2S/c1-10-6-7-11(8-9-17-5)14(10)12(15)16-13(2,3)4/h6-7H,8-9H2,1-5H3. The molecule has 96 valence electrons. The van der Waals surface area contributed by atoms with Crippen molar-refractivity contribution in [2.24, 2.45) is 0 Å². The van der Waals surface area contributed by atoms with E-state index in [2.05, 4.69) is 6.26 Å². The van der Waals surface area contributed by atoms with Gasteiger partial charge in [-0.05, 0) is 58.3 Å². The highest BCUT2D eigenvalue weighted by Gasteiger charge is 2.20. The van der Waals surface area contributed by atoms with Crippen LogP contribution < -0.4 is 0 Å². The van der Waals surface area contributed by atoms with Gasteiger partial charge in [-0.15, -0.1) is 0 Å². The molecule has 0 bridgehead atoms. The fourth-order valence-electron chi connectivity index (χ4n) is 1.56. The van der Waals surface area contributed by atoms with Gasteiger partial charge in [0.2, 0.25) is 0 Å². The molecule has 1 aromatic rings. The number of aryl methyl sites for hydroxylation is 2. The summed E-state index contributed by atoms with van der Waals surface area (Å²) in [6, 6.07) is 3.95. The van der Waals surface area contributed by atoms with Gasteiger partial charge in [-0.1, -0.05) is 0 Å². The zero-order valence-electron chi connectivity index (χ0n) is 11.2. The Morgan fingerprint density at radius 3 is 2.59 bits per heavy atom. The van der Waals surface area contributed by atoms with Gasteiger partial charge in [0.1, 0.15) is 5.60 Å². The Balaban J connectivity index is 2.88. The van der Waals surface area contributed by atoms with E-state index in [0.717, 1.165) is 23.6 Å². The monoisotopic (exact) mass is 255 g/mol. The number of rotatable bonds is 3. The van der Waals surface area contributed by atoms with E-state index in [1.54, 1.807) is 16.3 Å². The molecule has 1 heterocycles. The number of carbonyl (C=O) groups is 1. The van der Waals surface area contributed by atoms with Crippen LogP contribution in [0, 0.1) is 6.92 Å². The molecule has 0 aliphatic rings. The van der Waals surface area contributed by atoms with Gasteiger partial charge < -0.3 is 4.74 Å². The predicted octanol–water partition coefficient (Wildman–Crippen LogP) is 3.49. The van der Waals surface area contributed by atoms with Gasteiger partial charge in [-0.2, -0.15) is 11.8 Å². The quantitative estimate of drug-likeness (QED) is 0.828. The second-order valence-corrected chi connectivity index (χ2v) is 6.01. The minimum absolute atomic E-state index is 0.281. The van der Waals surface area contributed by atoms with Crippen LogP contribution in [0.1, 0.15) is 32.2 Å². The van der Waals surface area contributed by atoms with Crippen LogP contribution >= 0.6 is 11.8 Å². The van der Waals surface area contributed by atoms with Crippen molar-refractivity contribution in [2.75, 3.05) is 12.0 Å². The first-order valence-electron chi connectivity index (χ1n) is 5.74. The van der Waals surface area contributed by atoms with Crippen molar-refractivity contribution in [2.45, 2.75) is 39.7 Å². The fourth-order valence-corrected chi connectivity index (χ4v) is 1.98. The Morgan fingerprint density at radius 1 is 1.41 bits per heavy atom. The number of aromatic nitrogens is 1. The van der Waals surface area contributed by atoms with E-state index < -0.39 is 5.60 Å². The SMILES string of the molecule is CSCCc1ccc(C)n1C(=O)OC(C)(C)C. The molecule has 0 saturated carbocycles. The lowest BCUT2D eigenvalue weighted by atomic mass is 10.2. The molecule has 17 heavy (non-hydrogen) atoms. The smallest absolute Gasteiger partial charge is 0.418 e. The van der Waals surface area contributed by atoms with Gasteiger partial charge in [-0.3, -0.25) is 4.57 Å². The van der Waals surface area contributed by atoms with Crippen molar-refractivity contribution in [3.63, 3.8) is 0 Å². The summed E-state index contributed by atoms with van der Waals surface area (Å²) >= 11 is 1.77. The lowest BCUT2D eigenvalue weighted by Gasteiger charge is -2.21. The average molecular weight is 255 g/mol. The van der Waals surface area contributed by atoms with Crippen molar-refractivity contribution >= 4 is 17.9 Å². The first-order chi connectivity index (χ1) is 7.85. The molecule has 0 aliphatic carbocycles. The van der Waals surface area contributed by atoms with Crippen LogP contribution in [0.25, 0.3) is 0 Å². The van der Waals surface area contributed by atoms with E-state index in [-0.39, 0.29) is 6.09 Å². The van der Waals surface area contributed by atoms with Crippen molar-refractivity contribution in [3.8, 4) is 0 Å². The Kier molecular flexibility index (Phi) is 4.69. The van der Waals surface area contributed by atoms with Gasteiger partial charge in [0.15, 0.2) is 0 Å². The Hall–Kier alpha value is -0.900. The van der Waals surface area contributed by atoms with Gasteiger partial charge in [0, 0.05) is 11.4 Å². The maximum atomic E-state index is 12.1. The number of nitrogens with zero attached hydrogens (tertiary/aromatic N) is 1. The van der Waals surface area contributed by atoms with Crippen LogP contribution in [0.2, 0.25) is 0 Å². The first-order valence-corrected chi connectivity index (χ1v) is 7.14. The summed E-state index contributed by atoms with van der Waals surface area (Å²) in [5.74, 6) is 1.01. The number of hydrogen-bond donors (Lipinski definition) is 0. The molecular weight excluding hydrogens is 234 g/mol. The third-order valence-electron chi connectivity index (χ3n) is 2.30. The molecule has 1 aromatic heterocycles. The van der Waals surface area contributed by atoms with E-state index in [0.29, 0.717) is 0 Å². The van der Waals surface area contributed by atoms with Crippen molar-refractivity contribution in [3.05, 3.63) is 23.5 Å². The molecular formula is C13H21NO2S. The molecule has 0 aliphatic heterocycles. The third-order valence-corrected chi connectivity index (χ3v) is 2.91. The minimum Gasteiger partial charge on any atom is -0.443 e. The zero-order valence-corrected chi connectivity index (χ0v) is 12.1. The number of carbonyl (C=O) groups excluding carboxylic acids is 1. The molecule has 0 fully saturated rings. The van der Waals surface area contributed by atoms with E-state index in [1.807, 2.05) is 39.8 Å². The van der Waals surface area contributed by atoms with E-state index in [1.165, 1.54) is 0 Å². The molecule has 0 unspecified atom stereocenters. The molecule has 0 aromatic carbocycles. The second kappa shape index (κ2) is 5.63. The van der Waals surface area contributed by atoms with Crippen molar-refractivity contribution < 1.29 is 9.53 Å². The highest BCUT2D eigenvalue weighted by Crippen LogP contribution is 2.15. The van der Waals surface area contributed by atoms with Crippen LogP contribution in [-0.2, 0) is 11.2 Å². The van der Waals surface area contributed by atoms with Gasteiger partial charge in [-0.25, -0.2) is 4.79 Å². The van der Waals surface area contributed by atoms with E-state index >= 15 is 0 Å². The lowest BCUT2D eigenvalue weighted by molar-refractivity contribution is 0.0530. The maximum absolute atomic E-state index is 12.1. The largest absolute Gasteiger partial charge is 0.443 e. The molecule has 3 nitrogen and oxygen atoms in total. The Bertz CT molecular complexity index is 391. The highest BCUT2D eigenvalue weighted by atomic mass is 32.2. The summed E-state index contributed by atoms with van der Waals surface area (Å²) in [4.78, 5) is 12.1. The van der Waals surface area contributed by atoms with Crippen molar-refractivity contribution in [1.82, 2.24) is 4.57 Å². The molecule has 0 radical (unpaired) electrons. The number of thioether (sulfide) groups is 1. The second-order valence-electron chi connectivity index (χ2n) is 5.02. The minimum atomic E-state index is -0.454. The summed E-state index contributed by atoms with van der Waals surface area (Å²) in [5, 5.41) is 0. The molecule has 1 rings (SSSR count). The van der Waals surface area contributed by atoms with Crippen LogP contribution in [0.5, 0.6) is 0 Å². The number of hydrogen-bond acceptors (Lipinski definition) is 3. The van der Waals surface area contributed by atoms with Gasteiger partial charge >= 0.3 is 6.09 Å². The summed E-state index contributed by atoms with van der Waals surface area (Å²) in [6.07, 6.45) is 2.66. The molecule has 4 heteroatoms. The van der Waals surface area contributed by atoms with Crippen LogP contribution in [0.3, 0.4) is 0 Å². The van der Waals surface area contributed by atoms with Crippen molar-refractivity contribution in [1.29, 1.82) is 0 Å². The third kappa shape index (κ3) is 4.11. The fraction of sp³-hybridized carbons (Fsp3) is 0.615. The Labute approximate surface area is 108 Å². The molecule has 0 spiro atoms. The number of ether oxygens (including phenoxy) is 1. The van der Waals surface area contributed by atoms with Gasteiger partial charge in [0.25, 0.3) is 0 Å². The predicted molar refractivity (Wildman–Crippen MR) is 72.9 cm³/mol. The summed E-state index contributed by atoms with van der Waals surface area (Å²) in [7, 11) is 0. The van der Waals surface area contributed by atoms with E-state index in [4.69, 9.17) is 4.74 Å². The topological polar surface area (TPSA) is 31.2 Å². The van der Waals surface area contributed by atoms with Crippen LogP contribution in [0.15, 0.2) is 12.1 Å². The molecule has 0 N–H and O–H groups in total. The highest BCUT2D eigenvalue weighted by molar-refractivity contribution is 7.98. The Morgan fingerprint density at radius 2 is 2.06 bits per heavy atom. The summed E-state index contributed by atoms with van der Waals surface area (Å²) < 4.78 is 7.07. The normalized spacial score (nSPS) is 11.6. The maximum Gasteiger partial charge on any atom is 0.418 e. The summed E-state index contributed by atoms with van der Waals surface area (Å²) in [6.45, 7) is 7.56. The zero-order chi connectivity index (χ0) is 13.1. The van der Waals surface area contributed by atoms with Crippen LogP contribution in [-0.4, -0.2) is 28.3 Å². The average Bonchev–Trinajstić information content (AvgIpc) is 2.54. The van der Waals surface area contributed by atoms with E-state index in [9.17, 15) is 4.79 Å². The molecule has 0 saturated heterocycles. The first kappa shape index (κ1) is 14.2. The lowest BCUT2D eigenvalue weighted by Crippen LogP contribution is -2.28. The molecule has 0 atom stereocenters. The summed E-state index contributed by atoms with van der Waals surface area (Å²) in [5.41, 5.74) is 1.49. The van der Waals surface area contributed by atoms with Gasteiger partial charge in [0.05, 0.1) is 0 Å². The molecule has 0 amide bonds.